The standard InChI is InChI=1S/C12H18N6O/c1-4-9-10(13)11(16-15-9)12(19)14-5-8-6-18(3)17-7(8)2/h6H,4-5,13H2,1-3H3,(H,14,19)(H,15,16). The number of amides is 1. The van der Waals surface area contributed by atoms with Crippen molar-refractivity contribution in [3.8, 4) is 0 Å². The van der Waals surface area contributed by atoms with Crippen molar-refractivity contribution < 1.29 is 4.79 Å². The van der Waals surface area contributed by atoms with Gasteiger partial charge in [-0.25, -0.2) is 0 Å². The maximum atomic E-state index is 12.0. The van der Waals surface area contributed by atoms with Gasteiger partial charge in [0, 0.05) is 25.4 Å². The number of nitrogens with one attached hydrogen (secondary N) is 2. The summed E-state index contributed by atoms with van der Waals surface area (Å²) in [5.41, 5.74) is 9.16. The molecule has 19 heavy (non-hydrogen) atoms. The normalized spacial score (nSPS) is 10.7. The number of nitrogens with two attached hydrogens (primary N) is 1. The van der Waals surface area contributed by atoms with Crippen LogP contribution in [0.5, 0.6) is 0 Å². The molecule has 102 valence electrons. The molecule has 0 unspecified atom stereocenters. The quantitative estimate of drug-likeness (QED) is 0.747. The number of rotatable bonds is 4. The van der Waals surface area contributed by atoms with Crippen LogP contribution in [0, 0.1) is 6.92 Å². The highest BCUT2D eigenvalue weighted by molar-refractivity contribution is 5.97. The van der Waals surface area contributed by atoms with Crippen LogP contribution >= 0.6 is 0 Å². The number of hydrogen-bond donors (Lipinski definition) is 3. The minimum Gasteiger partial charge on any atom is -0.395 e. The number of H-pyrrole nitrogens is 1. The van der Waals surface area contributed by atoms with Crippen molar-refractivity contribution in [1.82, 2.24) is 25.3 Å². The lowest BCUT2D eigenvalue weighted by atomic mass is 10.2. The van der Waals surface area contributed by atoms with Crippen LogP contribution in [0.1, 0.15) is 34.4 Å². The summed E-state index contributed by atoms with van der Waals surface area (Å²) in [5, 5.41) is 13.7. The number of nitrogens with zero attached hydrogens (tertiary/aromatic N) is 3. The number of carbonyl (C=O) groups is 1. The molecule has 2 rings (SSSR count). The van der Waals surface area contributed by atoms with Crippen LogP contribution < -0.4 is 11.1 Å². The fourth-order valence-corrected chi connectivity index (χ4v) is 1.91. The van der Waals surface area contributed by atoms with Gasteiger partial charge in [-0.3, -0.25) is 14.6 Å². The number of anilines is 1. The molecule has 0 saturated carbocycles. The predicted molar refractivity (Wildman–Crippen MR) is 71.5 cm³/mol. The maximum absolute atomic E-state index is 12.0. The van der Waals surface area contributed by atoms with E-state index in [9.17, 15) is 4.79 Å². The number of aromatic nitrogens is 4. The van der Waals surface area contributed by atoms with Crippen molar-refractivity contribution in [2.45, 2.75) is 26.8 Å². The molecule has 0 aliphatic rings. The van der Waals surface area contributed by atoms with Gasteiger partial charge >= 0.3 is 0 Å². The summed E-state index contributed by atoms with van der Waals surface area (Å²) in [6.45, 7) is 4.26. The van der Waals surface area contributed by atoms with Gasteiger partial charge in [0.1, 0.15) is 0 Å². The van der Waals surface area contributed by atoms with Gasteiger partial charge in [-0.15, -0.1) is 0 Å². The topological polar surface area (TPSA) is 102 Å². The van der Waals surface area contributed by atoms with E-state index in [1.54, 1.807) is 4.68 Å². The summed E-state index contributed by atoms with van der Waals surface area (Å²) in [7, 11) is 1.84. The highest BCUT2D eigenvalue weighted by Crippen LogP contribution is 2.14. The molecule has 0 radical (unpaired) electrons. The molecule has 0 bridgehead atoms. The number of carbonyl (C=O) groups excluding carboxylic acids is 1. The van der Waals surface area contributed by atoms with Gasteiger partial charge in [0.25, 0.3) is 5.91 Å². The summed E-state index contributed by atoms with van der Waals surface area (Å²) >= 11 is 0. The average Bonchev–Trinajstić information content (AvgIpc) is 2.89. The third-order valence-corrected chi connectivity index (χ3v) is 3.01. The van der Waals surface area contributed by atoms with Gasteiger partial charge < -0.3 is 11.1 Å². The minimum absolute atomic E-state index is 0.249. The number of hydrogen-bond acceptors (Lipinski definition) is 4. The second-order valence-corrected chi connectivity index (χ2v) is 4.41. The second kappa shape index (κ2) is 5.13. The van der Waals surface area contributed by atoms with Crippen molar-refractivity contribution in [3.05, 3.63) is 28.8 Å². The van der Waals surface area contributed by atoms with Gasteiger partial charge in [0.15, 0.2) is 5.69 Å². The van der Waals surface area contributed by atoms with E-state index in [0.29, 0.717) is 18.7 Å². The van der Waals surface area contributed by atoms with Gasteiger partial charge in [-0.1, -0.05) is 6.92 Å². The Morgan fingerprint density at radius 1 is 1.58 bits per heavy atom. The molecular formula is C12H18N6O. The summed E-state index contributed by atoms with van der Waals surface area (Å²) in [4.78, 5) is 12.0. The molecule has 0 spiro atoms. The maximum Gasteiger partial charge on any atom is 0.274 e. The molecule has 7 nitrogen and oxygen atoms in total. The Morgan fingerprint density at radius 2 is 2.32 bits per heavy atom. The molecular weight excluding hydrogens is 244 g/mol. The molecule has 0 aromatic carbocycles. The molecule has 0 saturated heterocycles. The highest BCUT2D eigenvalue weighted by Gasteiger charge is 2.16. The molecule has 0 aliphatic carbocycles. The minimum atomic E-state index is -0.281. The van der Waals surface area contributed by atoms with E-state index < -0.39 is 0 Å². The van der Waals surface area contributed by atoms with E-state index in [0.717, 1.165) is 17.0 Å². The summed E-state index contributed by atoms with van der Waals surface area (Å²) in [6.07, 6.45) is 2.59. The number of nitrogen functional groups attached to an aromatic ring is 1. The zero-order valence-electron chi connectivity index (χ0n) is 11.3. The lowest BCUT2D eigenvalue weighted by molar-refractivity contribution is 0.0946. The lowest BCUT2D eigenvalue weighted by Crippen LogP contribution is -2.24. The van der Waals surface area contributed by atoms with Crippen LogP contribution in [-0.4, -0.2) is 25.9 Å². The van der Waals surface area contributed by atoms with E-state index in [1.807, 2.05) is 27.1 Å². The zero-order chi connectivity index (χ0) is 14.0. The largest absolute Gasteiger partial charge is 0.395 e. The molecule has 0 aliphatic heterocycles. The van der Waals surface area contributed by atoms with Crippen molar-refractivity contribution >= 4 is 11.6 Å². The average molecular weight is 262 g/mol. The number of aromatic amines is 1. The number of aryl methyl sites for hydroxylation is 3. The first-order valence-electron chi connectivity index (χ1n) is 6.13. The zero-order valence-corrected chi connectivity index (χ0v) is 11.3. The van der Waals surface area contributed by atoms with E-state index in [-0.39, 0.29) is 11.6 Å². The highest BCUT2D eigenvalue weighted by atomic mass is 16.1. The van der Waals surface area contributed by atoms with E-state index in [2.05, 4.69) is 20.6 Å². The Bertz CT molecular complexity index is 597. The van der Waals surface area contributed by atoms with Crippen LogP contribution in [0.3, 0.4) is 0 Å². The van der Waals surface area contributed by atoms with E-state index >= 15 is 0 Å². The first-order valence-corrected chi connectivity index (χ1v) is 6.13. The molecule has 4 N–H and O–H groups in total. The molecule has 0 atom stereocenters. The predicted octanol–water partition coefficient (Wildman–Crippen LogP) is 0.526. The van der Waals surface area contributed by atoms with Crippen molar-refractivity contribution in [3.63, 3.8) is 0 Å². The van der Waals surface area contributed by atoms with Crippen LogP contribution in [0.15, 0.2) is 6.20 Å². The van der Waals surface area contributed by atoms with Crippen LogP contribution in [-0.2, 0) is 20.0 Å². The Morgan fingerprint density at radius 3 is 2.84 bits per heavy atom. The molecule has 2 heterocycles. The Hall–Kier alpha value is -2.31. The van der Waals surface area contributed by atoms with Gasteiger partial charge in [0.05, 0.1) is 17.1 Å². The Labute approximate surface area is 111 Å². The molecule has 7 heteroatoms. The fourth-order valence-electron chi connectivity index (χ4n) is 1.91. The van der Waals surface area contributed by atoms with Gasteiger partial charge in [0.2, 0.25) is 0 Å². The molecule has 2 aromatic heterocycles. The molecule has 1 amide bonds. The van der Waals surface area contributed by atoms with Gasteiger partial charge in [-0.05, 0) is 13.3 Å². The summed E-state index contributed by atoms with van der Waals surface area (Å²) in [6, 6.07) is 0. The smallest absolute Gasteiger partial charge is 0.274 e. The second-order valence-electron chi connectivity index (χ2n) is 4.41. The summed E-state index contributed by atoms with van der Waals surface area (Å²) < 4.78 is 1.72. The molecule has 2 aromatic rings. The fraction of sp³-hybridized carbons (Fsp3) is 0.417. The van der Waals surface area contributed by atoms with E-state index in [4.69, 9.17) is 5.73 Å². The van der Waals surface area contributed by atoms with E-state index in [1.165, 1.54) is 0 Å². The van der Waals surface area contributed by atoms with Crippen LogP contribution in [0.2, 0.25) is 0 Å². The SMILES string of the molecule is CCc1[nH]nc(C(=O)NCc2cn(C)nc2C)c1N. The monoisotopic (exact) mass is 262 g/mol. The van der Waals surface area contributed by atoms with Gasteiger partial charge in [-0.2, -0.15) is 10.2 Å². The third kappa shape index (κ3) is 2.59. The van der Waals surface area contributed by atoms with Crippen molar-refractivity contribution in [2.24, 2.45) is 7.05 Å². The summed E-state index contributed by atoms with van der Waals surface area (Å²) in [5.74, 6) is -0.281. The van der Waals surface area contributed by atoms with Crippen LogP contribution in [0.25, 0.3) is 0 Å². The van der Waals surface area contributed by atoms with Crippen molar-refractivity contribution in [2.75, 3.05) is 5.73 Å². The Balaban J connectivity index is 2.05. The van der Waals surface area contributed by atoms with Crippen LogP contribution in [0.4, 0.5) is 5.69 Å². The van der Waals surface area contributed by atoms with Crippen molar-refractivity contribution in [1.29, 1.82) is 0 Å². The Kier molecular flexibility index (Phi) is 3.55. The first kappa shape index (κ1) is 13.1. The first-order chi connectivity index (χ1) is 9.02. The molecule has 0 fully saturated rings. The third-order valence-electron chi connectivity index (χ3n) is 3.01. The lowest BCUT2D eigenvalue weighted by Gasteiger charge is -2.02.